The Labute approximate surface area is 134 Å². The second kappa shape index (κ2) is 7.30. The van der Waals surface area contributed by atoms with Crippen LogP contribution in [0.15, 0.2) is 60.3 Å². The van der Waals surface area contributed by atoms with Gasteiger partial charge < -0.3 is 10.6 Å². The number of carbonyl (C=O) groups excluding carboxylic acids is 1. The van der Waals surface area contributed by atoms with Gasteiger partial charge in [-0.25, -0.2) is 0 Å². The van der Waals surface area contributed by atoms with Crippen LogP contribution in [0.5, 0.6) is 0 Å². The van der Waals surface area contributed by atoms with E-state index in [2.05, 4.69) is 10.6 Å². The number of benzene rings is 2. The number of rotatable bonds is 4. The molecule has 0 saturated carbocycles. The molecule has 2 aromatic carbocycles. The first kappa shape index (κ1) is 15.6. The van der Waals surface area contributed by atoms with E-state index in [9.17, 15) is 4.79 Å². The van der Waals surface area contributed by atoms with E-state index < -0.39 is 5.91 Å². The molecule has 0 heterocycles. The topological polar surface area (TPSA) is 64.9 Å². The average Bonchev–Trinajstić information content (AvgIpc) is 2.52. The Kier molecular flexibility index (Phi) is 5.18. The molecule has 0 bridgehead atoms. The fourth-order valence-electron chi connectivity index (χ4n) is 1.71. The number of hydrogen-bond donors (Lipinski definition) is 2. The Bertz CT molecular complexity index is 748. The van der Waals surface area contributed by atoms with Crippen molar-refractivity contribution in [3.63, 3.8) is 0 Å². The minimum absolute atomic E-state index is 0.0273. The molecule has 1 amide bonds. The average molecular weight is 312 g/mol. The number of halogens is 1. The number of para-hydroxylation sites is 1. The molecule has 0 aromatic heterocycles. The number of nitrogens with one attached hydrogen (secondary N) is 2. The number of hydrogen-bond acceptors (Lipinski definition) is 3. The predicted octanol–water partition coefficient (Wildman–Crippen LogP) is 4.11. The van der Waals surface area contributed by atoms with Crippen molar-refractivity contribution in [2.45, 2.75) is 6.92 Å². The van der Waals surface area contributed by atoms with Gasteiger partial charge in [-0.15, -0.1) is 0 Å². The van der Waals surface area contributed by atoms with Gasteiger partial charge in [0, 0.05) is 22.6 Å². The summed E-state index contributed by atoms with van der Waals surface area (Å²) in [5, 5.41) is 15.2. The second-order valence-electron chi connectivity index (χ2n) is 4.60. The van der Waals surface area contributed by atoms with E-state index >= 15 is 0 Å². The number of amides is 1. The minimum atomic E-state index is -0.495. The lowest BCUT2D eigenvalue weighted by molar-refractivity contribution is -0.112. The maximum atomic E-state index is 12.1. The molecule has 0 radical (unpaired) electrons. The molecule has 0 unspecified atom stereocenters. The van der Waals surface area contributed by atoms with Crippen LogP contribution in [0.4, 0.5) is 11.4 Å². The van der Waals surface area contributed by atoms with Gasteiger partial charge in [0.25, 0.3) is 5.91 Å². The van der Waals surface area contributed by atoms with Gasteiger partial charge >= 0.3 is 0 Å². The van der Waals surface area contributed by atoms with Crippen LogP contribution in [-0.4, -0.2) is 5.91 Å². The van der Waals surface area contributed by atoms with Gasteiger partial charge in [0.1, 0.15) is 11.6 Å². The summed E-state index contributed by atoms with van der Waals surface area (Å²) >= 11 is 6.01. The standard InChI is InChI=1S/C17H14ClN3O/c1-12-7-8-15(9-16(12)18)21-17(22)13(10-19)11-20-14-5-3-2-4-6-14/h2-9,11,20H,1H3,(H,21,22)/b13-11-. The van der Waals surface area contributed by atoms with Gasteiger partial charge in [0.15, 0.2) is 0 Å². The second-order valence-corrected chi connectivity index (χ2v) is 5.01. The monoisotopic (exact) mass is 311 g/mol. The maximum Gasteiger partial charge on any atom is 0.267 e. The lowest BCUT2D eigenvalue weighted by Crippen LogP contribution is -2.14. The lowest BCUT2D eigenvalue weighted by atomic mass is 10.2. The molecule has 110 valence electrons. The molecule has 2 rings (SSSR count). The number of carbonyl (C=O) groups is 1. The summed E-state index contributed by atoms with van der Waals surface area (Å²) < 4.78 is 0. The first-order valence-corrected chi connectivity index (χ1v) is 6.97. The third-order valence-electron chi connectivity index (χ3n) is 2.95. The molecule has 0 aliphatic rings. The van der Waals surface area contributed by atoms with Crippen molar-refractivity contribution in [2.24, 2.45) is 0 Å². The van der Waals surface area contributed by atoms with Crippen LogP contribution < -0.4 is 10.6 Å². The molecule has 22 heavy (non-hydrogen) atoms. The van der Waals surface area contributed by atoms with Gasteiger partial charge in [-0.3, -0.25) is 4.79 Å². The summed E-state index contributed by atoms with van der Waals surface area (Å²) in [4.78, 5) is 12.1. The highest BCUT2D eigenvalue weighted by molar-refractivity contribution is 6.31. The summed E-state index contributed by atoms with van der Waals surface area (Å²) in [6.45, 7) is 1.87. The van der Waals surface area contributed by atoms with E-state index in [0.717, 1.165) is 11.3 Å². The molecule has 0 aliphatic carbocycles. The molecule has 0 saturated heterocycles. The summed E-state index contributed by atoms with van der Waals surface area (Å²) in [5.74, 6) is -0.495. The Morgan fingerprint density at radius 3 is 2.55 bits per heavy atom. The predicted molar refractivity (Wildman–Crippen MR) is 88.6 cm³/mol. The summed E-state index contributed by atoms with van der Waals surface area (Å²) in [6.07, 6.45) is 1.38. The van der Waals surface area contributed by atoms with Crippen molar-refractivity contribution in [2.75, 3.05) is 10.6 Å². The van der Waals surface area contributed by atoms with Crippen LogP contribution >= 0.6 is 11.6 Å². The van der Waals surface area contributed by atoms with Crippen molar-refractivity contribution >= 4 is 28.9 Å². The number of anilines is 2. The molecule has 2 aromatic rings. The van der Waals surface area contributed by atoms with Crippen molar-refractivity contribution in [3.8, 4) is 6.07 Å². The third-order valence-corrected chi connectivity index (χ3v) is 3.36. The van der Waals surface area contributed by atoms with E-state index in [1.165, 1.54) is 6.20 Å². The highest BCUT2D eigenvalue weighted by atomic mass is 35.5. The molecule has 0 aliphatic heterocycles. The van der Waals surface area contributed by atoms with Crippen LogP contribution in [0, 0.1) is 18.3 Å². The first-order valence-electron chi connectivity index (χ1n) is 6.59. The van der Waals surface area contributed by atoms with Gasteiger partial charge in [-0.1, -0.05) is 35.9 Å². The van der Waals surface area contributed by atoms with Crippen LogP contribution in [0.2, 0.25) is 5.02 Å². The number of nitrogens with zero attached hydrogens (tertiary/aromatic N) is 1. The Morgan fingerprint density at radius 2 is 1.91 bits per heavy atom. The van der Waals surface area contributed by atoms with Gasteiger partial charge in [0.2, 0.25) is 0 Å². The Morgan fingerprint density at radius 1 is 1.18 bits per heavy atom. The molecule has 0 atom stereocenters. The quantitative estimate of drug-likeness (QED) is 0.660. The fraction of sp³-hybridized carbons (Fsp3) is 0.0588. The van der Waals surface area contributed by atoms with Crippen LogP contribution in [0.1, 0.15) is 5.56 Å². The molecule has 5 heteroatoms. The van der Waals surface area contributed by atoms with Crippen molar-refractivity contribution in [1.29, 1.82) is 5.26 Å². The highest BCUT2D eigenvalue weighted by Gasteiger charge is 2.09. The smallest absolute Gasteiger partial charge is 0.267 e. The van der Waals surface area contributed by atoms with Crippen molar-refractivity contribution < 1.29 is 4.79 Å². The number of aryl methyl sites for hydroxylation is 1. The molecule has 0 fully saturated rings. The van der Waals surface area contributed by atoms with Crippen molar-refractivity contribution in [1.82, 2.24) is 0 Å². The molecule has 0 spiro atoms. The summed E-state index contributed by atoms with van der Waals surface area (Å²) in [6, 6.07) is 16.3. The zero-order valence-corrected chi connectivity index (χ0v) is 12.7. The van der Waals surface area contributed by atoms with E-state index in [1.807, 2.05) is 43.3 Å². The minimum Gasteiger partial charge on any atom is -0.360 e. The summed E-state index contributed by atoms with van der Waals surface area (Å²) in [7, 11) is 0. The van der Waals surface area contributed by atoms with Crippen molar-refractivity contribution in [3.05, 3.63) is 70.9 Å². The van der Waals surface area contributed by atoms with E-state index in [-0.39, 0.29) is 5.57 Å². The van der Waals surface area contributed by atoms with Crippen LogP contribution in [0.3, 0.4) is 0 Å². The maximum absolute atomic E-state index is 12.1. The van der Waals surface area contributed by atoms with E-state index in [4.69, 9.17) is 16.9 Å². The molecule has 4 nitrogen and oxygen atoms in total. The highest BCUT2D eigenvalue weighted by Crippen LogP contribution is 2.20. The molecular weight excluding hydrogens is 298 g/mol. The largest absolute Gasteiger partial charge is 0.360 e. The van der Waals surface area contributed by atoms with E-state index in [1.54, 1.807) is 18.2 Å². The molecular formula is C17H14ClN3O. The first-order chi connectivity index (χ1) is 10.6. The van der Waals surface area contributed by atoms with E-state index in [0.29, 0.717) is 10.7 Å². The number of nitriles is 1. The zero-order chi connectivity index (χ0) is 15.9. The van der Waals surface area contributed by atoms with Crippen LogP contribution in [-0.2, 0) is 4.79 Å². The van der Waals surface area contributed by atoms with Crippen LogP contribution in [0.25, 0.3) is 0 Å². The fourth-order valence-corrected chi connectivity index (χ4v) is 1.89. The van der Waals surface area contributed by atoms with Gasteiger partial charge in [0.05, 0.1) is 0 Å². The summed E-state index contributed by atoms with van der Waals surface area (Å²) in [5.41, 5.74) is 2.23. The third kappa shape index (κ3) is 4.11. The Hall–Kier alpha value is -2.77. The SMILES string of the molecule is Cc1ccc(NC(=O)/C(C#N)=C\Nc2ccccc2)cc1Cl. The Balaban J connectivity index is 2.08. The lowest BCUT2D eigenvalue weighted by Gasteiger charge is -2.06. The normalized spacial score (nSPS) is 10.7. The van der Waals surface area contributed by atoms with Gasteiger partial charge in [-0.05, 0) is 36.8 Å². The van der Waals surface area contributed by atoms with Gasteiger partial charge in [-0.2, -0.15) is 5.26 Å². The molecule has 2 N–H and O–H groups in total. The zero-order valence-electron chi connectivity index (χ0n) is 11.9.